The Morgan fingerprint density at radius 3 is 1.27 bits per heavy atom. The zero-order chi connectivity index (χ0) is 33.2. The van der Waals surface area contributed by atoms with Gasteiger partial charge < -0.3 is 45.6 Å². The van der Waals surface area contributed by atoms with E-state index in [1.54, 1.807) is 0 Å². The summed E-state index contributed by atoms with van der Waals surface area (Å²) in [5, 5.41) is 13.3. The standard InChI is InChI=1S/2C11H24N3.C10H22N3.3Co/c1-9(8-14(6)7)12-10(2)13-11(3,4)5;1-9(14(6)7)8-12-10(2)13-11(3,4)5;1-9(12-10(2,3)4)11-7-8-13(5)6;;;/h2*9H,8H2,1-7H3;7-8H2,1-6H3;;;/q3*-1;;;. The van der Waals surface area contributed by atoms with Gasteiger partial charge in [0.2, 0.25) is 0 Å². The Morgan fingerprint density at radius 1 is 0.591 bits per heavy atom. The molecule has 0 heterocycles. The molecule has 0 amide bonds. The van der Waals surface area contributed by atoms with Crippen LogP contribution in [0.1, 0.15) is 96.9 Å². The molecular weight excluding hydrogens is 687 g/mol. The Morgan fingerprint density at radius 2 is 0.955 bits per heavy atom. The number of amidine groups is 3. The van der Waals surface area contributed by atoms with Crippen LogP contribution in [0.15, 0.2) is 15.0 Å². The first-order chi connectivity index (χ1) is 18.2. The molecular formula is C32H70Co3N9-3. The Hall–Kier alpha value is -0.191. The van der Waals surface area contributed by atoms with Crippen LogP contribution in [0.5, 0.6) is 0 Å². The molecule has 12 heteroatoms. The summed E-state index contributed by atoms with van der Waals surface area (Å²) in [6, 6.07) is 0.788. The van der Waals surface area contributed by atoms with Crippen LogP contribution in [0, 0.1) is 0 Å². The van der Waals surface area contributed by atoms with Crippen molar-refractivity contribution in [2.75, 3.05) is 68.5 Å². The number of rotatable bonds is 9. The third-order valence-electron chi connectivity index (χ3n) is 4.88. The largest absolute Gasteiger partial charge is 0.468 e. The van der Waals surface area contributed by atoms with Crippen molar-refractivity contribution in [2.24, 2.45) is 15.0 Å². The molecule has 0 aliphatic rings. The summed E-state index contributed by atoms with van der Waals surface area (Å²) in [6.45, 7) is 32.5. The maximum Gasteiger partial charge on any atom is 0.00539 e. The number of nitrogens with zero attached hydrogens (tertiary/aromatic N) is 9. The molecule has 9 nitrogen and oxygen atoms in total. The molecule has 0 saturated heterocycles. The van der Waals surface area contributed by atoms with Crippen molar-refractivity contribution >= 4 is 17.5 Å². The van der Waals surface area contributed by atoms with Gasteiger partial charge in [-0.05, 0) is 119 Å². The normalized spacial score (nSPS) is 14.1. The molecule has 3 radical (unpaired) electrons. The van der Waals surface area contributed by atoms with E-state index in [0.29, 0.717) is 12.1 Å². The summed E-state index contributed by atoms with van der Waals surface area (Å²) in [4.78, 5) is 19.8. The second-order valence-corrected chi connectivity index (χ2v) is 14.6. The fourth-order valence-electron chi connectivity index (χ4n) is 3.28. The van der Waals surface area contributed by atoms with Gasteiger partial charge in [0.15, 0.2) is 0 Å². The van der Waals surface area contributed by atoms with E-state index in [1.807, 2.05) is 34.9 Å². The first-order valence-electron chi connectivity index (χ1n) is 14.9. The number of hydrogen-bond acceptors (Lipinski definition) is 6. The maximum atomic E-state index is 4.51. The van der Waals surface area contributed by atoms with Crippen LogP contribution in [0.4, 0.5) is 0 Å². The summed E-state index contributed by atoms with van der Waals surface area (Å²) < 4.78 is 0. The molecule has 273 valence electrons. The minimum Gasteiger partial charge on any atom is -0.468 e. The van der Waals surface area contributed by atoms with E-state index in [9.17, 15) is 0 Å². The van der Waals surface area contributed by atoms with E-state index in [2.05, 4.69) is 150 Å². The smallest absolute Gasteiger partial charge is 0.00539 e. The van der Waals surface area contributed by atoms with Gasteiger partial charge in [0.25, 0.3) is 0 Å². The van der Waals surface area contributed by atoms with Crippen LogP contribution in [0.2, 0.25) is 0 Å². The zero-order valence-electron chi connectivity index (χ0n) is 32.0. The van der Waals surface area contributed by atoms with E-state index < -0.39 is 0 Å². The average Bonchev–Trinajstić information content (AvgIpc) is 2.67. The molecule has 0 rings (SSSR count). The van der Waals surface area contributed by atoms with Crippen molar-refractivity contribution < 1.29 is 50.3 Å². The molecule has 0 aliphatic carbocycles. The summed E-state index contributed by atoms with van der Waals surface area (Å²) in [5.74, 6) is 2.69. The van der Waals surface area contributed by atoms with Crippen LogP contribution in [0.25, 0.3) is 16.0 Å². The van der Waals surface area contributed by atoms with E-state index in [-0.39, 0.29) is 67.0 Å². The zero-order valence-corrected chi connectivity index (χ0v) is 35.1. The van der Waals surface area contributed by atoms with Gasteiger partial charge in [-0.3, -0.25) is 0 Å². The molecule has 0 aliphatic heterocycles. The fourth-order valence-corrected chi connectivity index (χ4v) is 3.28. The first-order valence-corrected chi connectivity index (χ1v) is 14.9. The maximum absolute atomic E-state index is 4.51. The summed E-state index contributed by atoms with van der Waals surface area (Å²) in [7, 11) is 12.3. The second-order valence-electron chi connectivity index (χ2n) is 14.6. The number of likely N-dealkylation sites (N-methyl/N-ethyl adjacent to an activating group) is 3. The molecule has 2 unspecified atom stereocenters. The van der Waals surface area contributed by atoms with Crippen LogP contribution < -0.4 is 0 Å². The molecule has 0 fully saturated rings. The molecule has 0 aromatic heterocycles. The summed E-state index contributed by atoms with van der Waals surface area (Å²) in [5.41, 5.74) is -0.0495. The predicted octanol–water partition coefficient (Wildman–Crippen LogP) is 7.19. The van der Waals surface area contributed by atoms with Crippen molar-refractivity contribution in [3.05, 3.63) is 16.0 Å². The summed E-state index contributed by atoms with van der Waals surface area (Å²) in [6.07, 6.45) is 0. The number of aliphatic imine (C=N–C) groups is 3. The molecule has 0 aromatic carbocycles. The molecule has 0 N–H and O–H groups in total. The fraction of sp³-hybridized carbons (Fsp3) is 0.906. The van der Waals surface area contributed by atoms with Crippen molar-refractivity contribution in [3.8, 4) is 0 Å². The molecule has 0 bridgehead atoms. The van der Waals surface area contributed by atoms with Crippen LogP contribution in [-0.2, 0) is 50.3 Å². The van der Waals surface area contributed by atoms with Gasteiger partial charge in [0, 0.05) is 56.4 Å². The van der Waals surface area contributed by atoms with E-state index in [0.717, 1.165) is 43.7 Å². The molecule has 0 saturated carbocycles. The Balaban J connectivity index is -0.000000119. The third kappa shape index (κ3) is 48.7. The van der Waals surface area contributed by atoms with E-state index in [1.165, 1.54) is 0 Å². The van der Waals surface area contributed by atoms with Gasteiger partial charge in [0.05, 0.1) is 0 Å². The van der Waals surface area contributed by atoms with Gasteiger partial charge in [0.1, 0.15) is 0 Å². The first kappa shape index (κ1) is 56.2. The van der Waals surface area contributed by atoms with Crippen LogP contribution in [-0.4, -0.2) is 129 Å². The van der Waals surface area contributed by atoms with Crippen molar-refractivity contribution in [2.45, 2.75) is 126 Å². The van der Waals surface area contributed by atoms with Crippen LogP contribution in [0.3, 0.4) is 0 Å². The van der Waals surface area contributed by atoms with Gasteiger partial charge in [-0.1, -0.05) is 86.7 Å². The Bertz CT molecular complexity index is 762. The van der Waals surface area contributed by atoms with Crippen molar-refractivity contribution in [3.63, 3.8) is 0 Å². The second kappa shape index (κ2) is 27.9. The van der Waals surface area contributed by atoms with Gasteiger partial charge >= 0.3 is 0 Å². The van der Waals surface area contributed by atoms with E-state index in [4.69, 9.17) is 0 Å². The predicted molar refractivity (Wildman–Crippen MR) is 188 cm³/mol. The third-order valence-corrected chi connectivity index (χ3v) is 4.88. The SMILES string of the molecule is CC(=NC(C)(C)C)[N-]C(C)CN(C)C.CC(=NC(C)(C)C)[N-]CC(C)N(C)C.CC(=NC(C)(C)C)[N-]CCN(C)C.[Co].[Co].[Co]. The molecule has 2 atom stereocenters. The Labute approximate surface area is 306 Å². The molecule has 0 aromatic rings. The number of hydrogen-bond donors (Lipinski definition) is 0. The minimum absolute atomic E-state index is 0. The quantitative estimate of drug-likeness (QED) is 0.185. The monoisotopic (exact) mass is 757 g/mol. The van der Waals surface area contributed by atoms with Crippen molar-refractivity contribution in [1.29, 1.82) is 0 Å². The summed E-state index contributed by atoms with van der Waals surface area (Å²) >= 11 is 0. The van der Waals surface area contributed by atoms with Crippen LogP contribution >= 0.6 is 0 Å². The molecule has 44 heavy (non-hydrogen) atoms. The van der Waals surface area contributed by atoms with Gasteiger partial charge in [-0.15, -0.1) is 0 Å². The minimum atomic E-state index is -0.0224. The van der Waals surface area contributed by atoms with Gasteiger partial charge in [-0.2, -0.15) is 0 Å². The van der Waals surface area contributed by atoms with Gasteiger partial charge in [-0.25, -0.2) is 0 Å². The van der Waals surface area contributed by atoms with E-state index >= 15 is 0 Å². The Kier molecular flexibility index (Phi) is 35.6. The average molecular weight is 758 g/mol. The topological polar surface area (TPSA) is 89.1 Å². The molecule has 0 spiro atoms. The van der Waals surface area contributed by atoms with Crippen molar-refractivity contribution in [1.82, 2.24) is 14.7 Å².